The Balaban J connectivity index is 1.68. The lowest BCUT2D eigenvalue weighted by Crippen LogP contribution is -2.44. The highest BCUT2D eigenvalue weighted by Crippen LogP contribution is 2.61. The topological polar surface area (TPSA) is 46.5 Å². The molecule has 3 aliphatic carbocycles. The molecule has 0 amide bonds. The van der Waals surface area contributed by atoms with Gasteiger partial charge in [0.2, 0.25) is 0 Å². The molecule has 3 nitrogen and oxygen atoms in total. The van der Waals surface area contributed by atoms with E-state index >= 15 is 0 Å². The fraction of sp³-hybridized carbons (Fsp3) is 0.632. The summed E-state index contributed by atoms with van der Waals surface area (Å²) < 4.78 is 6.49. The molecule has 1 N–H and O–H groups in total. The van der Waals surface area contributed by atoms with Crippen LogP contribution in [0.15, 0.2) is 12.1 Å². The molecular weight excluding hydrogens is 403 g/mol. The Bertz CT molecular complexity index is 644. The van der Waals surface area contributed by atoms with Crippen LogP contribution < -0.4 is 0 Å². The van der Waals surface area contributed by atoms with Crippen molar-refractivity contribution >= 4 is 29.1 Å². The van der Waals surface area contributed by atoms with Crippen LogP contribution >= 0.6 is 22.6 Å². The van der Waals surface area contributed by atoms with Crippen LogP contribution in [0.3, 0.4) is 0 Å². The Morgan fingerprint density at radius 2 is 2.13 bits per heavy atom. The molecule has 0 spiro atoms. The minimum Gasteiger partial charge on any atom is -0.507 e. The van der Waals surface area contributed by atoms with Crippen molar-refractivity contribution in [2.75, 3.05) is 0 Å². The van der Waals surface area contributed by atoms with E-state index in [1.807, 2.05) is 6.07 Å². The van der Waals surface area contributed by atoms with Gasteiger partial charge in [-0.1, -0.05) is 13.0 Å². The van der Waals surface area contributed by atoms with E-state index < -0.39 is 0 Å². The SMILES string of the molecule is C[C@]12CC[C@@H]3c4ccc(O)c(I)c4CC[C@H]3[C@@H]1CC[C@@H]2OC=O. The highest BCUT2D eigenvalue weighted by Gasteiger charge is 2.55. The number of fused-ring (bicyclic) bond motifs is 5. The van der Waals surface area contributed by atoms with Crippen molar-refractivity contribution in [3.05, 3.63) is 26.8 Å². The lowest BCUT2D eigenvalue weighted by Gasteiger charge is -2.50. The number of ether oxygens (including phenoxy) is 1. The lowest BCUT2D eigenvalue weighted by atomic mass is 9.55. The zero-order valence-corrected chi connectivity index (χ0v) is 15.6. The molecule has 0 aliphatic heterocycles. The molecular formula is C19H23IO3. The van der Waals surface area contributed by atoms with Gasteiger partial charge in [-0.2, -0.15) is 0 Å². The van der Waals surface area contributed by atoms with Crippen molar-refractivity contribution in [1.29, 1.82) is 0 Å². The number of benzene rings is 1. The van der Waals surface area contributed by atoms with Crippen LogP contribution in [0.1, 0.15) is 56.1 Å². The smallest absolute Gasteiger partial charge is 0.293 e. The summed E-state index contributed by atoms with van der Waals surface area (Å²) in [5, 5.41) is 10.00. The number of rotatable bonds is 2. The number of phenolic OH excluding ortho intramolecular Hbond substituents is 1. The monoisotopic (exact) mass is 426 g/mol. The molecule has 124 valence electrons. The summed E-state index contributed by atoms with van der Waals surface area (Å²) in [5.74, 6) is 2.39. The van der Waals surface area contributed by atoms with Crippen LogP contribution in [0.2, 0.25) is 0 Å². The summed E-state index contributed by atoms with van der Waals surface area (Å²) >= 11 is 2.29. The standard InChI is InChI=1S/C19H23IO3/c1-19-9-8-12-11-4-6-16(22)18(20)14(11)3-2-13(12)15(19)5-7-17(19)23-10-21/h4,6,10,12-13,15,17,22H,2-3,5,7-9H2,1H3/t12-,13-,15+,17+,19+/m1/s1. The molecule has 0 aromatic heterocycles. The second-order valence-corrected chi connectivity index (χ2v) is 8.80. The van der Waals surface area contributed by atoms with Gasteiger partial charge >= 0.3 is 0 Å². The van der Waals surface area contributed by atoms with Gasteiger partial charge in [-0.3, -0.25) is 4.79 Å². The summed E-state index contributed by atoms with van der Waals surface area (Å²) in [7, 11) is 0. The molecule has 0 unspecified atom stereocenters. The molecule has 0 radical (unpaired) electrons. The zero-order chi connectivity index (χ0) is 16.2. The van der Waals surface area contributed by atoms with E-state index in [-0.39, 0.29) is 11.5 Å². The largest absolute Gasteiger partial charge is 0.507 e. The van der Waals surface area contributed by atoms with E-state index in [0.717, 1.165) is 22.8 Å². The number of hydrogen-bond donors (Lipinski definition) is 1. The molecule has 1 aromatic carbocycles. The van der Waals surface area contributed by atoms with Crippen LogP contribution in [0, 0.1) is 20.8 Å². The number of carbonyl (C=O) groups is 1. The van der Waals surface area contributed by atoms with Crippen LogP contribution in [-0.2, 0) is 16.0 Å². The van der Waals surface area contributed by atoms with Gasteiger partial charge in [0.05, 0.1) is 3.57 Å². The molecule has 1 aromatic rings. The first-order chi connectivity index (χ1) is 11.1. The number of halogens is 1. The third kappa shape index (κ3) is 2.24. The van der Waals surface area contributed by atoms with Crippen molar-refractivity contribution in [2.45, 2.75) is 57.5 Å². The molecule has 0 bridgehead atoms. The maximum absolute atomic E-state index is 10.8. The first-order valence-electron chi connectivity index (χ1n) is 8.65. The van der Waals surface area contributed by atoms with Crippen molar-refractivity contribution in [3.63, 3.8) is 0 Å². The molecule has 2 fully saturated rings. The van der Waals surface area contributed by atoms with E-state index in [2.05, 4.69) is 35.6 Å². The first-order valence-corrected chi connectivity index (χ1v) is 9.73. The van der Waals surface area contributed by atoms with Crippen molar-refractivity contribution in [2.24, 2.45) is 17.3 Å². The van der Waals surface area contributed by atoms with E-state index in [0.29, 0.717) is 30.0 Å². The van der Waals surface area contributed by atoms with Crippen LogP contribution in [0.25, 0.3) is 0 Å². The zero-order valence-electron chi connectivity index (χ0n) is 13.4. The second-order valence-electron chi connectivity index (χ2n) is 7.72. The molecule has 3 aliphatic rings. The maximum Gasteiger partial charge on any atom is 0.293 e. The van der Waals surface area contributed by atoms with Crippen LogP contribution in [-0.4, -0.2) is 17.7 Å². The Labute approximate surface area is 150 Å². The van der Waals surface area contributed by atoms with Crippen molar-refractivity contribution < 1.29 is 14.6 Å². The van der Waals surface area contributed by atoms with Gasteiger partial charge in [-0.05, 0) is 96.1 Å². The summed E-state index contributed by atoms with van der Waals surface area (Å²) in [6.45, 7) is 2.98. The Kier molecular flexibility index (Phi) is 3.86. The molecule has 2 saturated carbocycles. The summed E-state index contributed by atoms with van der Waals surface area (Å²) in [4.78, 5) is 10.8. The summed E-state index contributed by atoms with van der Waals surface area (Å²) in [6.07, 6.45) is 6.87. The highest BCUT2D eigenvalue weighted by atomic mass is 127. The fourth-order valence-corrected chi connectivity index (χ4v) is 6.62. The Morgan fingerprint density at radius 3 is 2.91 bits per heavy atom. The van der Waals surface area contributed by atoms with Gasteiger partial charge in [-0.15, -0.1) is 0 Å². The molecule has 0 heterocycles. The third-order valence-electron chi connectivity index (χ3n) is 6.96. The third-order valence-corrected chi connectivity index (χ3v) is 8.16. The molecule has 0 saturated heterocycles. The van der Waals surface area contributed by atoms with Gasteiger partial charge in [-0.25, -0.2) is 0 Å². The van der Waals surface area contributed by atoms with Gasteiger partial charge in [0.25, 0.3) is 6.47 Å². The molecule has 4 rings (SSSR count). The van der Waals surface area contributed by atoms with Gasteiger partial charge in [0.1, 0.15) is 11.9 Å². The summed E-state index contributed by atoms with van der Waals surface area (Å²) in [5.41, 5.74) is 2.99. The Morgan fingerprint density at radius 1 is 1.30 bits per heavy atom. The van der Waals surface area contributed by atoms with E-state index in [1.54, 1.807) is 0 Å². The average molecular weight is 426 g/mol. The maximum atomic E-state index is 10.8. The minimum absolute atomic E-state index is 0.104. The molecule has 4 heteroatoms. The predicted molar refractivity (Wildman–Crippen MR) is 96.4 cm³/mol. The van der Waals surface area contributed by atoms with E-state index in [9.17, 15) is 9.90 Å². The normalized spacial score (nSPS) is 38.3. The van der Waals surface area contributed by atoms with E-state index in [4.69, 9.17) is 4.74 Å². The first kappa shape index (κ1) is 15.7. The molecule has 23 heavy (non-hydrogen) atoms. The second kappa shape index (κ2) is 5.64. The number of aromatic hydroxyl groups is 1. The van der Waals surface area contributed by atoms with Gasteiger partial charge in [0, 0.05) is 5.41 Å². The minimum atomic E-state index is 0.104. The Hall–Kier alpha value is -0.780. The van der Waals surface area contributed by atoms with Crippen molar-refractivity contribution in [1.82, 2.24) is 0 Å². The van der Waals surface area contributed by atoms with Crippen LogP contribution in [0.4, 0.5) is 0 Å². The predicted octanol–water partition coefficient (Wildman–Crippen LogP) is 4.39. The number of carbonyl (C=O) groups excluding carboxylic acids is 1. The summed E-state index contributed by atoms with van der Waals surface area (Å²) in [6, 6.07) is 4.02. The van der Waals surface area contributed by atoms with Gasteiger partial charge < -0.3 is 9.84 Å². The van der Waals surface area contributed by atoms with Gasteiger partial charge in [0.15, 0.2) is 0 Å². The fourth-order valence-electron chi connectivity index (χ4n) is 5.85. The lowest BCUT2D eigenvalue weighted by molar-refractivity contribution is -0.141. The van der Waals surface area contributed by atoms with Crippen molar-refractivity contribution in [3.8, 4) is 5.75 Å². The number of hydrogen-bond acceptors (Lipinski definition) is 3. The van der Waals surface area contributed by atoms with Crippen LogP contribution in [0.5, 0.6) is 5.75 Å². The average Bonchev–Trinajstić information content (AvgIpc) is 2.88. The molecule has 5 atom stereocenters. The number of phenols is 1. The highest BCUT2D eigenvalue weighted by molar-refractivity contribution is 14.1. The van der Waals surface area contributed by atoms with E-state index in [1.165, 1.54) is 30.4 Å². The quantitative estimate of drug-likeness (QED) is 0.564.